The minimum absolute atomic E-state index is 0.0302. The Balaban J connectivity index is 3.35. The number of rotatable bonds is 4. The number of anilines is 1. The summed E-state index contributed by atoms with van der Waals surface area (Å²) >= 11 is 1.06. The zero-order valence-electron chi connectivity index (χ0n) is 11.8. The molecule has 1 rings (SSSR count). The first-order chi connectivity index (χ1) is 8.79. The lowest BCUT2D eigenvalue weighted by atomic mass is 9.98. The lowest BCUT2D eigenvalue weighted by Crippen LogP contribution is -2.15. The first kappa shape index (κ1) is 15.5. The number of esters is 2. The minimum atomic E-state index is -0.498. The maximum atomic E-state index is 12.1. The van der Waals surface area contributed by atoms with Crippen molar-refractivity contribution in [2.24, 2.45) is 0 Å². The molecule has 0 aliphatic carbocycles. The molecule has 0 bridgehead atoms. The Morgan fingerprint density at radius 1 is 1.16 bits per heavy atom. The molecular formula is C13H19NO4S. The van der Waals surface area contributed by atoms with Crippen LogP contribution in [0.1, 0.15) is 59.2 Å². The van der Waals surface area contributed by atoms with Crippen molar-refractivity contribution in [2.75, 3.05) is 12.8 Å². The summed E-state index contributed by atoms with van der Waals surface area (Å²) in [6.45, 7) is 7.30. The highest BCUT2D eigenvalue weighted by molar-refractivity contribution is 7.18. The Morgan fingerprint density at radius 3 is 2.16 bits per heavy atom. The van der Waals surface area contributed by atoms with Gasteiger partial charge in [-0.05, 0) is 25.3 Å². The molecule has 2 N–H and O–H groups in total. The van der Waals surface area contributed by atoms with E-state index in [0.29, 0.717) is 10.4 Å². The maximum Gasteiger partial charge on any atom is 0.348 e. The number of hydrogen-bond acceptors (Lipinski definition) is 6. The van der Waals surface area contributed by atoms with E-state index in [-0.39, 0.29) is 22.6 Å². The van der Waals surface area contributed by atoms with E-state index in [9.17, 15) is 9.59 Å². The molecular weight excluding hydrogens is 266 g/mol. The van der Waals surface area contributed by atoms with E-state index in [0.717, 1.165) is 11.3 Å². The second kappa shape index (κ2) is 6.06. The Bertz CT molecular complexity index is 491. The molecule has 0 atom stereocenters. The average molecular weight is 285 g/mol. The zero-order valence-corrected chi connectivity index (χ0v) is 12.6. The maximum absolute atomic E-state index is 12.1. The predicted molar refractivity (Wildman–Crippen MR) is 74.7 cm³/mol. The molecule has 0 radical (unpaired) electrons. The van der Waals surface area contributed by atoms with E-state index in [1.165, 1.54) is 7.11 Å². The van der Waals surface area contributed by atoms with Crippen molar-refractivity contribution in [3.63, 3.8) is 0 Å². The summed E-state index contributed by atoms with van der Waals surface area (Å²) in [6.07, 6.45) is -0.242. The van der Waals surface area contributed by atoms with Gasteiger partial charge in [0.1, 0.15) is 9.88 Å². The Labute approximate surface area is 116 Å². The van der Waals surface area contributed by atoms with Crippen molar-refractivity contribution >= 4 is 28.3 Å². The van der Waals surface area contributed by atoms with Gasteiger partial charge < -0.3 is 15.2 Å². The third-order valence-electron chi connectivity index (χ3n) is 2.47. The van der Waals surface area contributed by atoms with Gasteiger partial charge in [-0.15, -0.1) is 11.3 Å². The molecule has 0 fully saturated rings. The lowest BCUT2D eigenvalue weighted by Gasteiger charge is -2.12. The van der Waals surface area contributed by atoms with Crippen LogP contribution in [0.5, 0.6) is 0 Å². The van der Waals surface area contributed by atoms with Gasteiger partial charge in [0.15, 0.2) is 0 Å². The Morgan fingerprint density at radius 2 is 1.74 bits per heavy atom. The first-order valence-electron chi connectivity index (χ1n) is 6.01. The highest BCUT2D eigenvalue weighted by atomic mass is 32.1. The van der Waals surface area contributed by atoms with E-state index in [2.05, 4.69) is 0 Å². The van der Waals surface area contributed by atoms with Gasteiger partial charge in [0, 0.05) is 0 Å². The number of carbonyl (C=O) groups excluding carboxylic acids is 2. The van der Waals surface area contributed by atoms with Crippen LogP contribution < -0.4 is 5.73 Å². The molecule has 0 aliphatic heterocycles. The summed E-state index contributed by atoms with van der Waals surface area (Å²) in [5.74, 6) is -1.01. The number of nitrogens with two attached hydrogens (primary N) is 1. The van der Waals surface area contributed by atoms with Crippen LogP contribution in [-0.4, -0.2) is 25.2 Å². The molecule has 0 aromatic carbocycles. The van der Waals surface area contributed by atoms with Gasteiger partial charge >= 0.3 is 11.9 Å². The van der Waals surface area contributed by atoms with E-state index in [1.807, 2.05) is 13.8 Å². The van der Waals surface area contributed by atoms with Crippen LogP contribution >= 0.6 is 11.3 Å². The highest BCUT2D eigenvalue weighted by Gasteiger charge is 2.29. The zero-order chi connectivity index (χ0) is 14.7. The van der Waals surface area contributed by atoms with Crippen molar-refractivity contribution in [3.05, 3.63) is 16.0 Å². The van der Waals surface area contributed by atoms with Crippen molar-refractivity contribution in [1.82, 2.24) is 0 Å². The molecule has 106 valence electrons. The number of ether oxygens (including phenoxy) is 2. The van der Waals surface area contributed by atoms with Gasteiger partial charge in [-0.2, -0.15) is 0 Å². The fourth-order valence-corrected chi connectivity index (χ4v) is 2.87. The SMILES string of the molecule is COC(=O)c1sc(N)c(C(=O)OC(C)C)c1C(C)C. The molecule has 0 unspecified atom stereocenters. The number of methoxy groups -OCH3 is 1. The molecule has 0 spiro atoms. The number of thiophene rings is 1. The number of carbonyl (C=O) groups is 2. The monoisotopic (exact) mass is 285 g/mol. The summed E-state index contributed by atoms with van der Waals surface area (Å²) < 4.78 is 9.89. The van der Waals surface area contributed by atoms with Crippen molar-refractivity contribution in [3.8, 4) is 0 Å². The fourth-order valence-electron chi connectivity index (χ4n) is 1.74. The lowest BCUT2D eigenvalue weighted by molar-refractivity contribution is 0.0378. The second-order valence-electron chi connectivity index (χ2n) is 4.68. The van der Waals surface area contributed by atoms with Crippen LogP contribution in [0.4, 0.5) is 5.00 Å². The van der Waals surface area contributed by atoms with Crippen LogP contribution in [0.15, 0.2) is 0 Å². The normalized spacial score (nSPS) is 10.9. The van der Waals surface area contributed by atoms with E-state index >= 15 is 0 Å². The number of hydrogen-bond donors (Lipinski definition) is 1. The Hall–Kier alpha value is -1.56. The molecule has 19 heavy (non-hydrogen) atoms. The fraction of sp³-hybridized carbons (Fsp3) is 0.538. The molecule has 1 aromatic heterocycles. The molecule has 0 saturated heterocycles. The van der Waals surface area contributed by atoms with E-state index in [1.54, 1.807) is 13.8 Å². The summed E-state index contributed by atoms with van der Waals surface area (Å²) in [5.41, 5.74) is 6.74. The van der Waals surface area contributed by atoms with Crippen LogP contribution in [0.2, 0.25) is 0 Å². The smallest absolute Gasteiger partial charge is 0.348 e. The van der Waals surface area contributed by atoms with Gasteiger partial charge in [-0.1, -0.05) is 13.8 Å². The quantitative estimate of drug-likeness (QED) is 0.861. The third kappa shape index (κ3) is 3.26. The summed E-state index contributed by atoms with van der Waals surface area (Å²) in [6, 6.07) is 0. The van der Waals surface area contributed by atoms with Gasteiger partial charge in [0.2, 0.25) is 0 Å². The highest BCUT2D eigenvalue weighted by Crippen LogP contribution is 2.37. The average Bonchev–Trinajstić information content (AvgIpc) is 2.65. The molecule has 0 aliphatic rings. The molecule has 1 heterocycles. The largest absolute Gasteiger partial charge is 0.465 e. The molecule has 0 amide bonds. The molecule has 5 nitrogen and oxygen atoms in total. The molecule has 0 saturated carbocycles. The van der Waals surface area contributed by atoms with Gasteiger partial charge in [0.25, 0.3) is 0 Å². The first-order valence-corrected chi connectivity index (χ1v) is 6.82. The molecule has 6 heteroatoms. The standard InChI is InChI=1S/C13H19NO4S/c1-6(2)8-9(12(15)18-7(3)4)11(14)19-10(8)13(16)17-5/h6-7H,14H2,1-5H3. The molecule has 1 aromatic rings. The minimum Gasteiger partial charge on any atom is -0.465 e. The van der Waals surface area contributed by atoms with Gasteiger partial charge in [-0.25, -0.2) is 9.59 Å². The van der Waals surface area contributed by atoms with Crippen molar-refractivity contribution < 1.29 is 19.1 Å². The van der Waals surface area contributed by atoms with Gasteiger partial charge in [0.05, 0.1) is 18.8 Å². The van der Waals surface area contributed by atoms with E-state index in [4.69, 9.17) is 15.2 Å². The second-order valence-corrected chi connectivity index (χ2v) is 5.74. The third-order valence-corrected chi connectivity index (χ3v) is 3.48. The van der Waals surface area contributed by atoms with Crippen LogP contribution in [0.3, 0.4) is 0 Å². The summed E-state index contributed by atoms with van der Waals surface area (Å²) in [7, 11) is 1.30. The van der Waals surface area contributed by atoms with Gasteiger partial charge in [-0.3, -0.25) is 0 Å². The summed E-state index contributed by atoms with van der Waals surface area (Å²) in [5, 5.41) is 0.287. The summed E-state index contributed by atoms with van der Waals surface area (Å²) in [4.78, 5) is 24.2. The van der Waals surface area contributed by atoms with Crippen molar-refractivity contribution in [2.45, 2.75) is 39.7 Å². The van der Waals surface area contributed by atoms with Crippen LogP contribution in [0, 0.1) is 0 Å². The van der Waals surface area contributed by atoms with Crippen molar-refractivity contribution in [1.29, 1.82) is 0 Å². The predicted octanol–water partition coefficient (Wildman–Crippen LogP) is 2.81. The van der Waals surface area contributed by atoms with Crippen LogP contribution in [0.25, 0.3) is 0 Å². The van der Waals surface area contributed by atoms with E-state index < -0.39 is 11.9 Å². The topological polar surface area (TPSA) is 78.6 Å². The van der Waals surface area contributed by atoms with Crippen LogP contribution in [-0.2, 0) is 9.47 Å². The Kier molecular flexibility index (Phi) is 4.94. The number of nitrogen functional groups attached to an aromatic ring is 1.